The molecule has 1 atom stereocenters. The van der Waals surface area contributed by atoms with E-state index >= 15 is 0 Å². The fourth-order valence-electron chi connectivity index (χ4n) is 2.62. The third-order valence-corrected chi connectivity index (χ3v) is 4.49. The molecular formula is C24H38O3. The molecule has 0 heterocycles. The van der Waals surface area contributed by atoms with E-state index in [2.05, 4.69) is 39.5 Å². The molecule has 0 spiro atoms. The number of carbonyl (C=O) groups is 1. The number of ketones is 1. The van der Waals surface area contributed by atoms with E-state index in [0.29, 0.717) is 5.57 Å². The van der Waals surface area contributed by atoms with E-state index in [1.54, 1.807) is 0 Å². The monoisotopic (exact) mass is 374 g/mol. The molecule has 0 aromatic rings. The Balaban J connectivity index is 3.52. The lowest BCUT2D eigenvalue weighted by atomic mass is 9.67. The van der Waals surface area contributed by atoms with Gasteiger partial charge in [-0.25, -0.2) is 9.78 Å². The summed E-state index contributed by atoms with van der Waals surface area (Å²) in [5.41, 5.74) is -0.750. The second-order valence-electron chi connectivity index (χ2n) is 10.4. The largest absolute Gasteiger partial charge is 0.288 e. The first-order chi connectivity index (χ1) is 12.1. The molecule has 0 aromatic carbocycles. The highest BCUT2D eigenvalue weighted by Crippen LogP contribution is 2.44. The third-order valence-electron chi connectivity index (χ3n) is 4.49. The standard InChI is InChI=1S/C24H38O3/c1-11-12-13-14-15-18-16-24(22(5,6)7,27-26-23(8,9)10)17-19(20(18)25)21(2,3)4/h16-17H,11-13H2,1-10H3. The average molecular weight is 375 g/mol. The van der Waals surface area contributed by atoms with Crippen LogP contribution in [0.15, 0.2) is 23.3 Å². The molecule has 27 heavy (non-hydrogen) atoms. The summed E-state index contributed by atoms with van der Waals surface area (Å²) in [5.74, 6) is 6.27. The molecule has 1 aliphatic rings. The molecule has 3 nitrogen and oxygen atoms in total. The summed E-state index contributed by atoms with van der Waals surface area (Å²) in [6.45, 7) is 20.4. The minimum atomic E-state index is -0.869. The van der Waals surface area contributed by atoms with Crippen molar-refractivity contribution in [3.63, 3.8) is 0 Å². The van der Waals surface area contributed by atoms with Crippen molar-refractivity contribution in [2.75, 3.05) is 0 Å². The minimum Gasteiger partial charge on any atom is -0.288 e. The van der Waals surface area contributed by atoms with Gasteiger partial charge in [-0.3, -0.25) is 4.79 Å². The molecule has 152 valence electrons. The van der Waals surface area contributed by atoms with Crippen molar-refractivity contribution in [2.24, 2.45) is 10.8 Å². The van der Waals surface area contributed by atoms with Crippen molar-refractivity contribution in [2.45, 2.75) is 99.7 Å². The zero-order valence-corrected chi connectivity index (χ0v) is 19.0. The summed E-state index contributed by atoms with van der Waals surface area (Å²) >= 11 is 0. The van der Waals surface area contributed by atoms with Crippen LogP contribution in [0.3, 0.4) is 0 Å². The Morgan fingerprint density at radius 3 is 2.04 bits per heavy atom. The fraction of sp³-hybridized carbons (Fsp3) is 0.708. The lowest BCUT2D eigenvalue weighted by molar-refractivity contribution is -0.398. The van der Waals surface area contributed by atoms with E-state index in [1.807, 2.05) is 53.7 Å². The van der Waals surface area contributed by atoms with Gasteiger partial charge in [-0.1, -0.05) is 66.7 Å². The molecule has 0 saturated heterocycles. The Morgan fingerprint density at radius 2 is 1.59 bits per heavy atom. The second kappa shape index (κ2) is 8.33. The van der Waals surface area contributed by atoms with Gasteiger partial charge in [0.15, 0.2) is 5.78 Å². The molecule has 1 unspecified atom stereocenters. The molecule has 0 N–H and O–H groups in total. The SMILES string of the molecule is CCCCC#CC1=CC(OOC(C)(C)C)(C(C)(C)C)C=C(C(C)(C)C)C1=O. The average Bonchev–Trinajstić information content (AvgIpc) is 2.48. The van der Waals surface area contributed by atoms with E-state index < -0.39 is 11.2 Å². The minimum absolute atomic E-state index is 0.00858. The molecule has 0 aliphatic heterocycles. The number of allylic oxidation sites excluding steroid dienone is 2. The molecular weight excluding hydrogens is 336 g/mol. The number of rotatable bonds is 4. The van der Waals surface area contributed by atoms with E-state index in [1.165, 1.54) is 0 Å². The first-order valence-electron chi connectivity index (χ1n) is 9.99. The Hall–Kier alpha value is -1.37. The van der Waals surface area contributed by atoms with Gasteiger partial charge in [-0.2, -0.15) is 0 Å². The van der Waals surface area contributed by atoms with Crippen molar-refractivity contribution >= 4 is 5.78 Å². The van der Waals surface area contributed by atoms with Crippen LogP contribution in [0.2, 0.25) is 0 Å². The molecule has 0 fully saturated rings. The maximum Gasteiger partial charge on any atom is 0.197 e. The van der Waals surface area contributed by atoms with Gasteiger partial charge in [0.05, 0.1) is 11.2 Å². The highest BCUT2D eigenvalue weighted by Gasteiger charge is 2.47. The summed E-state index contributed by atoms with van der Waals surface area (Å²) in [4.78, 5) is 24.9. The molecule has 0 aromatic heterocycles. The number of hydrogen-bond donors (Lipinski definition) is 0. The Morgan fingerprint density at radius 1 is 1.00 bits per heavy atom. The van der Waals surface area contributed by atoms with Gasteiger partial charge in [0.25, 0.3) is 0 Å². The fourth-order valence-corrected chi connectivity index (χ4v) is 2.62. The van der Waals surface area contributed by atoms with Gasteiger partial charge in [0.2, 0.25) is 0 Å². The molecule has 0 radical (unpaired) electrons. The normalized spacial score (nSPS) is 21.3. The summed E-state index contributed by atoms with van der Waals surface area (Å²) in [7, 11) is 0. The van der Waals surface area contributed by atoms with E-state index in [0.717, 1.165) is 24.8 Å². The van der Waals surface area contributed by atoms with Crippen molar-refractivity contribution in [1.29, 1.82) is 0 Å². The maximum atomic E-state index is 13.1. The van der Waals surface area contributed by atoms with Gasteiger partial charge in [0.1, 0.15) is 5.60 Å². The molecule has 3 heteroatoms. The Labute approximate surface area is 166 Å². The number of unbranched alkanes of at least 4 members (excludes halogenated alkanes) is 2. The lowest BCUT2D eigenvalue weighted by Crippen LogP contribution is -2.47. The van der Waals surface area contributed by atoms with Crippen LogP contribution in [0.5, 0.6) is 0 Å². The van der Waals surface area contributed by atoms with Crippen LogP contribution < -0.4 is 0 Å². The number of hydrogen-bond acceptors (Lipinski definition) is 3. The van der Waals surface area contributed by atoms with E-state index in [-0.39, 0.29) is 16.6 Å². The topological polar surface area (TPSA) is 35.5 Å². The summed E-state index contributed by atoms with van der Waals surface area (Å²) in [5, 5.41) is 0. The van der Waals surface area contributed by atoms with Crippen molar-refractivity contribution in [1.82, 2.24) is 0 Å². The van der Waals surface area contributed by atoms with Crippen LogP contribution in [0.25, 0.3) is 0 Å². The lowest BCUT2D eigenvalue weighted by Gasteiger charge is -2.43. The van der Waals surface area contributed by atoms with Gasteiger partial charge in [-0.15, -0.1) is 0 Å². The first kappa shape index (κ1) is 23.7. The molecule has 0 bridgehead atoms. The van der Waals surface area contributed by atoms with Crippen LogP contribution in [0.1, 0.15) is 88.5 Å². The smallest absolute Gasteiger partial charge is 0.197 e. The molecule has 1 rings (SSSR count). The Bertz CT molecular complexity index is 664. The molecule has 0 saturated carbocycles. The third kappa shape index (κ3) is 6.33. The molecule has 0 amide bonds. The van der Waals surface area contributed by atoms with Gasteiger partial charge >= 0.3 is 0 Å². The zero-order chi connectivity index (χ0) is 21.1. The predicted octanol–water partition coefficient (Wildman–Crippen LogP) is 6.19. The highest BCUT2D eigenvalue weighted by atomic mass is 17.2. The number of Topliss-reactive ketones (excluding diaryl/α,β-unsaturated/α-hetero) is 1. The van der Waals surface area contributed by atoms with Crippen LogP contribution in [-0.4, -0.2) is 17.0 Å². The van der Waals surface area contributed by atoms with Gasteiger partial charge in [-0.05, 0) is 44.8 Å². The van der Waals surface area contributed by atoms with E-state index in [4.69, 9.17) is 9.78 Å². The van der Waals surface area contributed by atoms with Crippen LogP contribution in [-0.2, 0) is 14.6 Å². The quantitative estimate of drug-likeness (QED) is 0.255. The summed E-state index contributed by atoms with van der Waals surface area (Å²) < 4.78 is 0. The Kier molecular flexibility index (Phi) is 7.30. The van der Waals surface area contributed by atoms with Crippen LogP contribution in [0.4, 0.5) is 0 Å². The molecule has 1 aliphatic carbocycles. The van der Waals surface area contributed by atoms with Crippen LogP contribution in [0, 0.1) is 22.7 Å². The predicted molar refractivity (Wildman–Crippen MR) is 112 cm³/mol. The van der Waals surface area contributed by atoms with E-state index in [9.17, 15) is 4.79 Å². The van der Waals surface area contributed by atoms with Crippen molar-refractivity contribution < 1.29 is 14.6 Å². The van der Waals surface area contributed by atoms with Crippen LogP contribution >= 0.6 is 0 Å². The van der Waals surface area contributed by atoms with Crippen molar-refractivity contribution in [3.8, 4) is 11.8 Å². The van der Waals surface area contributed by atoms with Gasteiger partial charge in [0, 0.05) is 17.4 Å². The highest BCUT2D eigenvalue weighted by molar-refractivity contribution is 6.13. The zero-order valence-electron chi connectivity index (χ0n) is 19.0. The summed E-state index contributed by atoms with van der Waals surface area (Å²) in [6.07, 6.45) is 6.71. The van der Waals surface area contributed by atoms with Gasteiger partial charge < -0.3 is 0 Å². The first-order valence-corrected chi connectivity index (χ1v) is 9.99. The maximum absolute atomic E-state index is 13.1. The summed E-state index contributed by atoms with van der Waals surface area (Å²) in [6, 6.07) is 0. The second-order valence-corrected chi connectivity index (χ2v) is 10.4. The van der Waals surface area contributed by atoms with Crippen molar-refractivity contribution in [3.05, 3.63) is 23.3 Å². The number of carbonyl (C=O) groups excluding carboxylic acids is 1.